The standard InChI is InChI=1S/C21H24N4O4S2/c1-4-29-16-9-7-15(8-10-16)23-18(26)13-25-20(22)19(21(24-25)30-3)31(27,28)17-11-5-14(2)6-12-17/h5-12H,4,13,22H2,1-3H3,(H,23,26). The lowest BCUT2D eigenvalue weighted by molar-refractivity contribution is -0.116. The van der Waals surface area contributed by atoms with E-state index in [2.05, 4.69) is 10.4 Å². The van der Waals surface area contributed by atoms with Crippen LogP contribution >= 0.6 is 11.8 Å². The number of benzene rings is 2. The Morgan fingerprint density at radius 1 is 1.16 bits per heavy atom. The highest BCUT2D eigenvalue weighted by atomic mass is 32.2. The molecule has 0 radical (unpaired) electrons. The molecular formula is C21H24N4O4S2. The Kier molecular flexibility index (Phi) is 6.91. The molecule has 1 heterocycles. The molecule has 164 valence electrons. The van der Waals surface area contributed by atoms with E-state index < -0.39 is 9.84 Å². The third-order valence-electron chi connectivity index (χ3n) is 4.45. The van der Waals surface area contributed by atoms with Crippen LogP contribution in [0.15, 0.2) is 63.3 Å². The Balaban J connectivity index is 1.84. The van der Waals surface area contributed by atoms with Crippen LogP contribution in [0, 0.1) is 6.92 Å². The molecule has 3 N–H and O–H groups in total. The molecule has 3 aromatic rings. The fourth-order valence-corrected chi connectivity index (χ4v) is 5.35. The van der Waals surface area contributed by atoms with Crippen LogP contribution in [0.2, 0.25) is 0 Å². The molecule has 0 unspecified atom stereocenters. The molecule has 8 nitrogen and oxygen atoms in total. The summed E-state index contributed by atoms with van der Waals surface area (Å²) in [5.41, 5.74) is 7.66. The van der Waals surface area contributed by atoms with Crippen molar-refractivity contribution < 1.29 is 17.9 Å². The van der Waals surface area contributed by atoms with Crippen LogP contribution in [0.5, 0.6) is 5.75 Å². The first-order valence-electron chi connectivity index (χ1n) is 9.51. The highest BCUT2D eigenvalue weighted by Crippen LogP contribution is 2.34. The van der Waals surface area contributed by atoms with Crippen LogP contribution < -0.4 is 15.8 Å². The van der Waals surface area contributed by atoms with Crippen LogP contribution in [0.25, 0.3) is 0 Å². The number of aryl methyl sites for hydroxylation is 1. The van der Waals surface area contributed by atoms with Gasteiger partial charge < -0.3 is 15.8 Å². The summed E-state index contributed by atoms with van der Waals surface area (Å²) in [7, 11) is -3.89. The summed E-state index contributed by atoms with van der Waals surface area (Å²) < 4.78 is 32.9. The van der Waals surface area contributed by atoms with E-state index in [1.165, 1.54) is 16.8 Å². The SMILES string of the molecule is CCOc1ccc(NC(=O)Cn2nc(SC)c(S(=O)(=O)c3ccc(C)cc3)c2N)cc1. The van der Waals surface area contributed by atoms with Gasteiger partial charge in [0.05, 0.1) is 11.5 Å². The van der Waals surface area contributed by atoms with E-state index in [4.69, 9.17) is 10.5 Å². The number of carbonyl (C=O) groups excluding carboxylic acids is 1. The highest BCUT2D eigenvalue weighted by molar-refractivity contribution is 7.99. The molecule has 2 aromatic carbocycles. The van der Waals surface area contributed by atoms with Gasteiger partial charge in [-0.15, -0.1) is 11.8 Å². The number of ether oxygens (including phenoxy) is 1. The van der Waals surface area contributed by atoms with E-state index in [1.54, 1.807) is 42.7 Å². The summed E-state index contributed by atoms with van der Waals surface area (Å²) in [5, 5.41) is 7.24. The number of rotatable bonds is 8. The zero-order valence-electron chi connectivity index (χ0n) is 17.5. The molecule has 31 heavy (non-hydrogen) atoms. The first kappa shape index (κ1) is 22.7. The number of aromatic nitrogens is 2. The summed E-state index contributed by atoms with van der Waals surface area (Å²) in [6.45, 7) is 4.09. The second-order valence-corrected chi connectivity index (χ2v) is 9.38. The van der Waals surface area contributed by atoms with Crippen molar-refractivity contribution in [3.05, 3.63) is 54.1 Å². The molecular weight excluding hydrogens is 436 g/mol. The minimum absolute atomic E-state index is 0.0771. The fourth-order valence-electron chi connectivity index (χ4n) is 2.92. The molecule has 10 heteroatoms. The monoisotopic (exact) mass is 460 g/mol. The first-order chi connectivity index (χ1) is 14.8. The number of amides is 1. The Morgan fingerprint density at radius 3 is 2.39 bits per heavy atom. The third kappa shape index (κ3) is 5.02. The van der Waals surface area contributed by atoms with Gasteiger partial charge in [-0.2, -0.15) is 5.10 Å². The number of nitrogens with two attached hydrogens (primary N) is 1. The largest absolute Gasteiger partial charge is 0.494 e. The van der Waals surface area contributed by atoms with Crippen LogP contribution in [0.3, 0.4) is 0 Å². The molecule has 1 aromatic heterocycles. The molecule has 0 bridgehead atoms. The van der Waals surface area contributed by atoms with Gasteiger partial charge in [-0.05, 0) is 56.5 Å². The molecule has 1 amide bonds. The maximum atomic E-state index is 13.2. The van der Waals surface area contributed by atoms with Gasteiger partial charge in [0, 0.05) is 5.69 Å². The lowest BCUT2D eigenvalue weighted by atomic mass is 10.2. The van der Waals surface area contributed by atoms with Crippen molar-refractivity contribution in [2.75, 3.05) is 23.9 Å². The molecule has 0 fully saturated rings. The van der Waals surface area contributed by atoms with Crippen molar-refractivity contribution in [2.24, 2.45) is 0 Å². The number of nitrogens with zero attached hydrogens (tertiary/aromatic N) is 2. The van der Waals surface area contributed by atoms with Gasteiger partial charge in [-0.1, -0.05) is 17.7 Å². The van der Waals surface area contributed by atoms with E-state index >= 15 is 0 Å². The number of carbonyl (C=O) groups is 1. The number of hydrogen-bond acceptors (Lipinski definition) is 7. The lowest BCUT2D eigenvalue weighted by Crippen LogP contribution is -2.21. The van der Waals surface area contributed by atoms with Gasteiger partial charge in [0.2, 0.25) is 15.7 Å². The summed E-state index contributed by atoms with van der Waals surface area (Å²) in [6, 6.07) is 13.4. The summed E-state index contributed by atoms with van der Waals surface area (Å²) in [5.74, 6) is 0.240. The second kappa shape index (κ2) is 9.44. The maximum absolute atomic E-state index is 13.2. The van der Waals surface area contributed by atoms with Gasteiger partial charge in [-0.3, -0.25) is 4.79 Å². The first-order valence-corrected chi connectivity index (χ1v) is 12.2. The second-order valence-electron chi connectivity index (χ2n) is 6.70. The van der Waals surface area contributed by atoms with E-state index in [-0.39, 0.29) is 33.1 Å². The molecule has 3 rings (SSSR count). The van der Waals surface area contributed by atoms with Crippen LogP contribution in [0.1, 0.15) is 12.5 Å². The van der Waals surface area contributed by atoms with E-state index in [9.17, 15) is 13.2 Å². The predicted molar refractivity (Wildman–Crippen MR) is 121 cm³/mol. The number of sulfone groups is 1. The van der Waals surface area contributed by atoms with Crippen molar-refractivity contribution in [3.8, 4) is 5.75 Å². The smallest absolute Gasteiger partial charge is 0.246 e. The number of hydrogen-bond donors (Lipinski definition) is 2. The number of nitrogens with one attached hydrogen (secondary N) is 1. The Labute approximate surface area is 185 Å². The lowest BCUT2D eigenvalue weighted by Gasteiger charge is -2.09. The van der Waals surface area contributed by atoms with Crippen LogP contribution in [0.4, 0.5) is 11.5 Å². The fraction of sp³-hybridized carbons (Fsp3) is 0.238. The number of thioether (sulfide) groups is 1. The topological polar surface area (TPSA) is 116 Å². The Hall–Kier alpha value is -2.98. The zero-order valence-corrected chi connectivity index (χ0v) is 19.1. The summed E-state index contributed by atoms with van der Waals surface area (Å²) in [6.07, 6.45) is 1.71. The number of nitrogen functional groups attached to an aromatic ring is 1. The molecule has 0 aliphatic rings. The summed E-state index contributed by atoms with van der Waals surface area (Å²) in [4.78, 5) is 12.5. The Morgan fingerprint density at radius 2 is 1.81 bits per heavy atom. The molecule has 0 saturated heterocycles. The van der Waals surface area contributed by atoms with Gasteiger partial charge >= 0.3 is 0 Å². The van der Waals surface area contributed by atoms with E-state index in [0.29, 0.717) is 18.0 Å². The van der Waals surface area contributed by atoms with Crippen molar-refractivity contribution in [1.29, 1.82) is 0 Å². The minimum atomic E-state index is -3.89. The van der Waals surface area contributed by atoms with Crippen molar-refractivity contribution in [3.63, 3.8) is 0 Å². The summed E-state index contributed by atoms with van der Waals surface area (Å²) >= 11 is 1.16. The molecule has 0 aliphatic carbocycles. The average molecular weight is 461 g/mol. The van der Waals surface area contributed by atoms with E-state index in [0.717, 1.165) is 17.3 Å². The van der Waals surface area contributed by atoms with Crippen LogP contribution in [-0.4, -0.2) is 37.0 Å². The third-order valence-corrected chi connectivity index (χ3v) is 7.09. The Bertz CT molecular complexity index is 1170. The predicted octanol–water partition coefficient (Wildman–Crippen LogP) is 3.37. The van der Waals surface area contributed by atoms with Gasteiger partial charge in [0.1, 0.15) is 28.0 Å². The highest BCUT2D eigenvalue weighted by Gasteiger charge is 2.29. The normalized spacial score (nSPS) is 11.3. The molecule has 0 atom stereocenters. The molecule has 0 aliphatic heterocycles. The van der Waals surface area contributed by atoms with E-state index in [1.807, 2.05) is 13.8 Å². The maximum Gasteiger partial charge on any atom is 0.246 e. The van der Waals surface area contributed by atoms with Gasteiger partial charge in [0.25, 0.3) is 0 Å². The quantitative estimate of drug-likeness (QED) is 0.495. The molecule has 0 saturated carbocycles. The minimum Gasteiger partial charge on any atom is -0.494 e. The average Bonchev–Trinajstić information content (AvgIpc) is 3.06. The molecule has 0 spiro atoms. The van der Waals surface area contributed by atoms with Crippen molar-refractivity contribution >= 4 is 39.0 Å². The van der Waals surface area contributed by atoms with Crippen molar-refractivity contribution in [2.45, 2.75) is 35.2 Å². The van der Waals surface area contributed by atoms with Gasteiger partial charge in [-0.25, -0.2) is 13.1 Å². The zero-order chi connectivity index (χ0) is 22.6. The van der Waals surface area contributed by atoms with Gasteiger partial charge in [0.15, 0.2) is 0 Å². The van der Waals surface area contributed by atoms with Crippen molar-refractivity contribution in [1.82, 2.24) is 9.78 Å². The van der Waals surface area contributed by atoms with Crippen LogP contribution in [-0.2, 0) is 21.2 Å². The number of anilines is 2.